The lowest BCUT2D eigenvalue weighted by atomic mass is 9.66. The van der Waals surface area contributed by atoms with Gasteiger partial charge in [-0.05, 0) is 38.3 Å². The Morgan fingerprint density at radius 2 is 1.95 bits per heavy atom. The van der Waals surface area contributed by atoms with Gasteiger partial charge in [-0.1, -0.05) is 36.4 Å². The summed E-state index contributed by atoms with van der Waals surface area (Å²) in [5, 5.41) is 18.8. The molecule has 1 aromatic heterocycles. The van der Waals surface area contributed by atoms with Gasteiger partial charge in [0.2, 0.25) is 17.7 Å². The predicted octanol–water partition coefficient (Wildman–Crippen LogP) is 1.58. The van der Waals surface area contributed by atoms with E-state index in [0.717, 1.165) is 5.52 Å². The van der Waals surface area contributed by atoms with Gasteiger partial charge in [0, 0.05) is 20.1 Å². The maximum absolute atomic E-state index is 14.6. The summed E-state index contributed by atoms with van der Waals surface area (Å²) >= 11 is 0. The van der Waals surface area contributed by atoms with E-state index in [4.69, 9.17) is 4.74 Å². The topological polar surface area (TPSA) is 121 Å². The van der Waals surface area contributed by atoms with Crippen molar-refractivity contribution in [1.82, 2.24) is 29.7 Å². The highest BCUT2D eigenvalue weighted by molar-refractivity contribution is 5.99. The molecule has 3 fully saturated rings. The summed E-state index contributed by atoms with van der Waals surface area (Å²) in [5.74, 6) is -2.44. The Labute approximate surface area is 234 Å². The van der Waals surface area contributed by atoms with Crippen molar-refractivity contribution in [2.75, 3.05) is 26.7 Å². The molecule has 3 aliphatic heterocycles. The van der Waals surface area contributed by atoms with Crippen LogP contribution in [-0.2, 0) is 25.8 Å². The lowest BCUT2D eigenvalue weighted by Gasteiger charge is -2.39. The lowest BCUT2D eigenvalue weighted by molar-refractivity contribution is -0.157. The molecule has 3 amide bonds. The Kier molecular flexibility index (Phi) is 7.30. The Morgan fingerprint density at radius 3 is 2.62 bits per heavy atom. The molecule has 5 rings (SSSR count). The average Bonchev–Trinajstić information content (AvgIpc) is 3.65. The van der Waals surface area contributed by atoms with Gasteiger partial charge >= 0.3 is 0 Å². The predicted molar refractivity (Wildman–Crippen MR) is 148 cm³/mol. The van der Waals surface area contributed by atoms with Crippen molar-refractivity contribution in [3.8, 4) is 0 Å². The first-order valence-electron chi connectivity index (χ1n) is 13.8. The largest absolute Gasteiger partial charge is 0.394 e. The number of ether oxygens (including phenoxy) is 1. The van der Waals surface area contributed by atoms with Gasteiger partial charge in [0.05, 0.1) is 35.6 Å². The van der Waals surface area contributed by atoms with Gasteiger partial charge < -0.3 is 24.5 Å². The van der Waals surface area contributed by atoms with Crippen LogP contribution < -0.4 is 0 Å². The molecule has 2 bridgehead atoms. The molecule has 11 nitrogen and oxygen atoms in total. The fourth-order valence-corrected chi connectivity index (χ4v) is 7.08. The van der Waals surface area contributed by atoms with Crippen LogP contribution in [0.3, 0.4) is 0 Å². The van der Waals surface area contributed by atoms with Crippen molar-refractivity contribution in [1.29, 1.82) is 0 Å². The summed E-state index contributed by atoms with van der Waals surface area (Å²) in [4.78, 5) is 47.2. The minimum absolute atomic E-state index is 0.0856. The van der Waals surface area contributed by atoms with Crippen LogP contribution in [0.25, 0.3) is 11.0 Å². The number of likely N-dealkylation sites (N-methyl/N-ethyl adjacent to an activating group) is 1. The quantitative estimate of drug-likeness (QED) is 0.422. The molecule has 1 aromatic carbocycles. The number of hydrogen-bond donors (Lipinski definition) is 1. The van der Waals surface area contributed by atoms with Crippen LogP contribution in [0.15, 0.2) is 49.6 Å². The maximum Gasteiger partial charge on any atom is 0.250 e. The van der Waals surface area contributed by atoms with Crippen molar-refractivity contribution in [2.45, 2.75) is 63.1 Å². The molecule has 3 saturated heterocycles. The Morgan fingerprint density at radius 1 is 1.23 bits per heavy atom. The summed E-state index contributed by atoms with van der Waals surface area (Å²) < 4.78 is 8.36. The van der Waals surface area contributed by atoms with E-state index in [1.54, 1.807) is 33.7 Å². The van der Waals surface area contributed by atoms with Crippen LogP contribution in [0.1, 0.15) is 33.1 Å². The summed E-state index contributed by atoms with van der Waals surface area (Å²) in [7, 11) is 1.68. The molecule has 2 unspecified atom stereocenters. The smallest absolute Gasteiger partial charge is 0.250 e. The third-order valence-electron chi connectivity index (χ3n) is 8.96. The number of aromatic nitrogens is 3. The van der Waals surface area contributed by atoms with Gasteiger partial charge in [-0.2, -0.15) is 0 Å². The number of nitrogens with zero attached hydrogens (tertiary/aromatic N) is 6. The molecular weight excluding hydrogens is 512 g/mol. The summed E-state index contributed by atoms with van der Waals surface area (Å²) in [5.41, 5.74) is -0.607. The first-order chi connectivity index (χ1) is 19.2. The molecule has 1 N–H and O–H groups in total. The van der Waals surface area contributed by atoms with Crippen molar-refractivity contribution in [2.24, 2.45) is 11.8 Å². The second-order valence-corrected chi connectivity index (χ2v) is 11.3. The Hall–Kier alpha value is -3.57. The first kappa shape index (κ1) is 28.0. The molecule has 11 heteroatoms. The maximum atomic E-state index is 14.6. The van der Waals surface area contributed by atoms with Crippen molar-refractivity contribution in [3.05, 3.63) is 49.6 Å². The van der Waals surface area contributed by atoms with Crippen molar-refractivity contribution in [3.63, 3.8) is 0 Å². The minimum atomic E-state index is -1.19. The fraction of sp³-hybridized carbons (Fsp3) is 0.552. The van der Waals surface area contributed by atoms with Gasteiger partial charge in [-0.15, -0.1) is 18.3 Å². The van der Waals surface area contributed by atoms with Crippen LogP contribution in [0, 0.1) is 11.8 Å². The summed E-state index contributed by atoms with van der Waals surface area (Å²) in [6, 6.07) is 5.86. The van der Waals surface area contributed by atoms with Gasteiger partial charge in [0.15, 0.2) is 0 Å². The normalized spacial score (nSPS) is 29.4. The number of amides is 3. The summed E-state index contributed by atoms with van der Waals surface area (Å²) in [6.07, 6.45) is 4.70. The molecule has 1 spiro atoms. The van der Waals surface area contributed by atoms with E-state index >= 15 is 0 Å². The SMILES string of the molecule is C=CCN(C)C(=O)[C@@H]1[C@H]2C(=O)N([C@@H](CC)CO)C(C(=O)N(CC=C)Cn3nnc4ccccc43)C23CC[C@@]1(C)O3. The highest BCUT2D eigenvalue weighted by atomic mass is 16.5. The molecule has 0 saturated carbocycles. The first-order valence-corrected chi connectivity index (χ1v) is 13.8. The van der Waals surface area contributed by atoms with E-state index in [1.807, 2.05) is 38.1 Å². The van der Waals surface area contributed by atoms with E-state index in [9.17, 15) is 19.5 Å². The van der Waals surface area contributed by atoms with Gasteiger partial charge in [0.1, 0.15) is 23.8 Å². The number of rotatable bonds is 11. The zero-order chi connectivity index (χ0) is 28.8. The molecule has 0 aliphatic carbocycles. The van der Waals surface area contributed by atoms with E-state index in [2.05, 4.69) is 23.5 Å². The molecule has 0 radical (unpaired) electrons. The number of likely N-dealkylation sites (tertiary alicyclic amines) is 1. The number of hydrogen-bond acceptors (Lipinski definition) is 7. The number of carbonyl (C=O) groups is 3. The van der Waals surface area contributed by atoms with Crippen LogP contribution in [0.5, 0.6) is 0 Å². The number of carbonyl (C=O) groups excluding carboxylic acids is 3. The van der Waals surface area contributed by atoms with Gasteiger partial charge in [-0.3, -0.25) is 14.4 Å². The van der Waals surface area contributed by atoms with E-state index in [1.165, 1.54) is 4.90 Å². The third kappa shape index (κ3) is 4.05. The second kappa shape index (κ2) is 10.4. The van der Waals surface area contributed by atoms with Crippen LogP contribution in [-0.4, -0.2) is 103 Å². The van der Waals surface area contributed by atoms with E-state index in [0.29, 0.717) is 31.3 Å². The number of fused-ring (bicyclic) bond motifs is 2. The zero-order valence-electron chi connectivity index (χ0n) is 23.4. The number of benzene rings is 1. The third-order valence-corrected chi connectivity index (χ3v) is 8.96. The highest BCUT2D eigenvalue weighted by Crippen LogP contribution is 2.63. The number of aliphatic hydroxyl groups excluding tert-OH is 1. The van der Waals surface area contributed by atoms with Gasteiger partial charge in [-0.25, -0.2) is 4.68 Å². The minimum Gasteiger partial charge on any atom is -0.394 e. The Bertz CT molecular complexity index is 1340. The molecular formula is C29H38N6O5. The zero-order valence-corrected chi connectivity index (χ0v) is 23.4. The van der Waals surface area contributed by atoms with Crippen molar-refractivity contribution < 1.29 is 24.2 Å². The molecule has 2 aromatic rings. The second-order valence-electron chi connectivity index (χ2n) is 11.3. The summed E-state index contributed by atoms with van der Waals surface area (Å²) in [6.45, 7) is 11.6. The van der Waals surface area contributed by atoms with E-state index in [-0.39, 0.29) is 37.5 Å². The van der Waals surface area contributed by atoms with E-state index < -0.39 is 35.1 Å². The Balaban J connectivity index is 1.57. The average molecular weight is 551 g/mol. The highest BCUT2D eigenvalue weighted by Gasteiger charge is 2.78. The van der Waals surface area contributed by atoms with Crippen molar-refractivity contribution >= 4 is 28.8 Å². The standard InChI is InChI=1S/C29H38N6O5/c1-6-15-32(5)25(37)22-23-26(38)35(19(8-3)17-36)24(29(23)14-13-28(22,4)40-29)27(39)33(16-7-2)18-34-21-12-10-9-11-20(21)30-31-34/h6-7,9-12,19,22-24,36H,1-2,8,13-18H2,3-5H3/t19-,22-,23-,24?,28+,29?/m0/s1. The number of aliphatic hydroxyl groups is 1. The van der Waals surface area contributed by atoms with Crippen LogP contribution in [0.2, 0.25) is 0 Å². The molecule has 3 aliphatic rings. The monoisotopic (exact) mass is 550 g/mol. The molecule has 40 heavy (non-hydrogen) atoms. The number of para-hydroxylation sites is 1. The lowest BCUT2D eigenvalue weighted by Crippen LogP contribution is -2.59. The fourth-order valence-electron chi connectivity index (χ4n) is 7.08. The molecule has 6 atom stereocenters. The van der Waals surface area contributed by atoms with Crippen LogP contribution in [0.4, 0.5) is 0 Å². The molecule has 214 valence electrons. The molecule has 4 heterocycles. The van der Waals surface area contributed by atoms with Gasteiger partial charge in [0.25, 0.3) is 0 Å². The van der Waals surface area contributed by atoms with Crippen LogP contribution >= 0.6 is 0 Å².